The molecule has 1 heterocycles. The number of hydrogen-bond acceptors (Lipinski definition) is 4. The maximum Gasteiger partial charge on any atom is 0.118 e. The van der Waals surface area contributed by atoms with Crippen molar-refractivity contribution >= 4 is 17.3 Å². The lowest BCUT2D eigenvalue weighted by Gasteiger charge is -2.18. The number of methoxy groups -OCH3 is 1. The van der Waals surface area contributed by atoms with Gasteiger partial charge < -0.3 is 9.47 Å². The molecule has 0 radical (unpaired) electrons. The second-order valence-corrected chi connectivity index (χ2v) is 6.14. The first kappa shape index (κ1) is 15.7. The molecule has 0 spiro atoms. The molecule has 0 saturated carbocycles. The van der Waals surface area contributed by atoms with Crippen LogP contribution in [0.25, 0.3) is 5.57 Å². The fourth-order valence-electron chi connectivity index (χ4n) is 2.48. The quantitative estimate of drug-likeness (QED) is 0.819. The second kappa shape index (κ2) is 7.36. The van der Waals surface area contributed by atoms with Crippen molar-refractivity contribution in [2.75, 3.05) is 13.7 Å². The monoisotopic (exact) mass is 323 g/mol. The van der Waals surface area contributed by atoms with Gasteiger partial charge in [0.05, 0.1) is 32.0 Å². The van der Waals surface area contributed by atoms with E-state index in [0.717, 1.165) is 28.2 Å². The Morgan fingerprint density at radius 2 is 1.96 bits per heavy atom. The zero-order valence-corrected chi connectivity index (χ0v) is 13.7. The van der Waals surface area contributed by atoms with Gasteiger partial charge in [-0.1, -0.05) is 18.2 Å². The lowest BCUT2D eigenvalue weighted by atomic mass is 9.99. The number of thioether (sulfide) groups is 1. The molecule has 0 N–H and O–H groups in total. The van der Waals surface area contributed by atoms with Gasteiger partial charge >= 0.3 is 0 Å². The third-order valence-corrected chi connectivity index (χ3v) is 4.66. The van der Waals surface area contributed by atoms with E-state index in [1.54, 1.807) is 18.9 Å². The van der Waals surface area contributed by atoms with Gasteiger partial charge in [0.15, 0.2) is 0 Å². The lowest BCUT2D eigenvalue weighted by molar-refractivity contribution is 0.153. The summed E-state index contributed by atoms with van der Waals surface area (Å²) in [5.41, 5.74) is 5.34. The second-order valence-electron chi connectivity index (χ2n) is 5.28. The van der Waals surface area contributed by atoms with E-state index in [-0.39, 0.29) is 0 Å². The lowest BCUT2D eigenvalue weighted by Crippen LogP contribution is -2.04. The van der Waals surface area contributed by atoms with Crippen LogP contribution in [-0.4, -0.2) is 13.7 Å². The number of fused-ring (bicyclic) bond motifs is 1. The van der Waals surface area contributed by atoms with E-state index < -0.39 is 0 Å². The fourth-order valence-corrected chi connectivity index (χ4v) is 3.39. The van der Waals surface area contributed by atoms with E-state index >= 15 is 0 Å². The SMILES string of the molecule is COc1ccc(COCC2=CSCc3ccc(C#N)cc32)cc1. The van der Waals surface area contributed by atoms with E-state index in [1.165, 1.54) is 5.56 Å². The van der Waals surface area contributed by atoms with Gasteiger partial charge in [0, 0.05) is 5.75 Å². The number of ether oxygens (including phenoxy) is 2. The maximum absolute atomic E-state index is 9.08. The third kappa shape index (κ3) is 3.76. The average molecular weight is 323 g/mol. The smallest absolute Gasteiger partial charge is 0.118 e. The molecule has 0 atom stereocenters. The molecule has 23 heavy (non-hydrogen) atoms. The molecule has 0 unspecified atom stereocenters. The van der Waals surface area contributed by atoms with Crippen molar-refractivity contribution < 1.29 is 9.47 Å². The highest BCUT2D eigenvalue weighted by Gasteiger charge is 2.14. The summed E-state index contributed by atoms with van der Waals surface area (Å²) >= 11 is 1.77. The van der Waals surface area contributed by atoms with Crippen LogP contribution < -0.4 is 4.74 Å². The van der Waals surface area contributed by atoms with Crippen LogP contribution >= 0.6 is 11.8 Å². The van der Waals surface area contributed by atoms with Crippen molar-refractivity contribution in [1.82, 2.24) is 0 Å². The Morgan fingerprint density at radius 3 is 2.70 bits per heavy atom. The van der Waals surface area contributed by atoms with E-state index in [0.29, 0.717) is 18.8 Å². The Kier molecular flexibility index (Phi) is 5.02. The molecule has 1 aliphatic rings. The van der Waals surface area contributed by atoms with E-state index in [1.807, 2.05) is 42.5 Å². The minimum Gasteiger partial charge on any atom is -0.497 e. The molecule has 0 fully saturated rings. The van der Waals surface area contributed by atoms with Crippen LogP contribution in [0, 0.1) is 11.3 Å². The number of nitrogens with zero attached hydrogens (tertiary/aromatic N) is 1. The standard InChI is InChI=1S/C19H17NO2S/c1-21-18-6-3-14(4-7-18)10-22-11-17-13-23-12-16-5-2-15(9-20)8-19(16)17/h2-8,13H,10-12H2,1H3. The van der Waals surface area contributed by atoms with Crippen LogP contribution in [0.2, 0.25) is 0 Å². The molecule has 0 amide bonds. The Hall–Kier alpha value is -2.22. The van der Waals surface area contributed by atoms with Gasteiger partial charge in [-0.15, -0.1) is 11.8 Å². The molecule has 0 bridgehead atoms. The largest absolute Gasteiger partial charge is 0.497 e. The highest BCUT2D eigenvalue weighted by molar-refractivity contribution is 8.01. The summed E-state index contributed by atoms with van der Waals surface area (Å²) in [6.45, 7) is 1.10. The molecule has 3 nitrogen and oxygen atoms in total. The summed E-state index contributed by atoms with van der Waals surface area (Å²) in [7, 11) is 1.66. The van der Waals surface area contributed by atoms with Crippen LogP contribution in [0.4, 0.5) is 0 Å². The maximum atomic E-state index is 9.08. The van der Waals surface area contributed by atoms with E-state index in [9.17, 15) is 0 Å². The van der Waals surface area contributed by atoms with Crippen LogP contribution in [0.1, 0.15) is 22.3 Å². The van der Waals surface area contributed by atoms with Crippen LogP contribution in [0.5, 0.6) is 5.75 Å². The molecule has 116 valence electrons. The highest BCUT2D eigenvalue weighted by atomic mass is 32.2. The average Bonchev–Trinajstić information content (AvgIpc) is 2.62. The van der Waals surface area contributed by atoms with Crippen LogP contribution in [0.3, 0.4) is 0 Å². The molecule has 0 saturated heterocycles. The summed E-state index contributed by atoms with van der Waals surface area (Å²) in [6, 6.07) is 16.0. The minimum absolute atomic E-state index is 0.543. The summed E-state index contributed by atoms with van der Waals surface area (Å²) in [5.74, 6) is 1.79. The molecule has 0 aromatic heterocycles. The number of hydrogen-bond donors (Lipinski definition) is 0. The van der Waals surface area contributed by atoms with E-state index in [4.69, 9.17) is 14.7 Å². The molecule has 3 rings (SSSR count). The topological polar surface area (TPSA) is 42.2 Å². The number of nitriles is 1. The summed E-state index contributed by atoms with van der Waals surface area (Å²) < 4.78 is 11.0. The molecular formula is C19H17NO2S. The van der Waals surface area contributed by atoms with Gasteiger partial charge in [0.2, 0.25) is 0 Å². The van der Waals surface area contributed by atoms with Crippen molar-refractivity contribution in [2.45, 2.75) is 12.4 Å². The van der Waals surface area contributed by atoms with Gasteiger partial charge in [0.25, 0.3) is 0 Å². The van der Waals surface area contributed by atoms with Crippen LogP contribution in [0.15, 0.2) is 47.9 Å². The van der Waals surface area contributed by atoms with Gasteiger partial charge in [-0.05, 0) is 51.9 Å². The van der Waals surface area contributed by atoms with Crippen molar-refractivity contribution in [2.24, 2.45) is 0 Å². The first-order valence-electron chi connectivity index (χ1n) is 7.35. The molecular weight excluding hydrogens is 306 g/mol. The van der Waals surface area contributed by atoms with E-state index in [2.05, 4.69) is 11.5 Å². The van der Waals surface area contributed by atoms with Crippen molar-refractivity contribution in [3.63, 3.8) is 0 Å². The van der Waals surface area contributed by atoms with Gasteiger partial charge in [-0.25, -0.2) is 0 Å². The Bertz CT molecular complexity index is 760. The Balaban J connectivity index is 1.65. The van der Waals surface area contributed by atoms with Gasteiger partial charge in [0.1, 0.15) is 5.75 Å². The predicted molar refractivity (Wildman–Crippen MR) is 93.1 cm³/mol. The predicted octanol–water partition coefficient (Wildman–Crippen LogP) is 4.37. The molecule has 2 aromatic carbocycles. The zero-order chi connectivity index (χ0) is 16.1. The zero-order valence-electron chi connectivity index (χ0n) is 12.9. The molecule has 4 heteroatoms. The number of rotatable bonds is 5. The molecule has 0 aliphatic carbocycles. The fraction of sp³-hybridized carbons (Fsp3) is 0.211. The van der Waals surface area contributed by atoms with Gasteiger partial charge in [-0.2, -0.15) is 5.26 Å². The Morgan fingerprint density at radius 1 is 1.13 bits per heavy atom. The number of benzene rings is 2. The van der Waals surface area contributed by atoms with Crippen molar-refractivity contribution in [1.29, 1.82) is 5.26 Å². The van der Waals surface area contributed by atoms with Crippen molar-refractivity contribution in [3.8, 4) is 11.8 Å². The molecule has 1 aliphatic heterocycles. The summed E-state index contributed by atoms with van der Waals surface area (Å²) in [5, 5.41) is 11.2. The van der Waals surface area contributed by atoms with Crippen molar-refractivity contribution in [3.05, 3.63) is 70.1 Å². The van der Waals surface area contributed by atoms with Gasteiger partial charge in [-0.3, -0.25) is 0 Å². The summed E-state index contributed by atoms with van der Waals surface area (Å²) in [6.07, 6.45) is 0. The van der Waals surface area contributed by atoms with Crippen LogP contribution in [-0.2, 0) is 17.1 Å². The Labute approximate surface area is 140 Å². The minimum atomic E-state index is 0.543. The third-order valence-electron chi connectivity index (χ3n) is 3.73. The first-order valence-corrected chi connectivity index (χ1v) is 8.40. The first-order chi connectivity index (χ1) is 11.3. The molecule has 2 aromatic rings. The highest BCUT2D eigenvalue weighted by Crippen LogP contribution is 2.32. The summed E-state index contributed by atoms with van der Waals surface area (Å²) in [4.78, 5) is 0. The normalized spacial score (nSPS) is 13.0.